The number of nitrogens with zero attached hydrogens (tertiary/aromatic N) is 3. The van der Waals surface area contributed by atoms with E-state index in [1.54, 1.807) is 12.3 Å². The Morgan fingerprint density at radius 2 is 2.17 bits per heavy atom. The molecule has 8 heteroatoms. The summed E-state index contributed by atoms with van der Waals surface area (Å²) < 4.78 is 41.1. The number of hydrogen-bond donors (Lipinski definition) is 1. The van der Waals surface area contributed by atoms with Gasteiger partial charge in [0.25, 0.3) is 0 Å². The van der Waals surface area contributed by atoms with E-state index in [1.807, 2.05) is 17.8 Å². The lowest BCUT2D eigenvalue weighted by molar-refractivity contribution is -0.137. The molecule has 1 aromatic heterocycles. The van der Waals surface area contributed by atoms with Gasteiger partial charge >= 0.3 is 6.18 Å². The summed E-state index contributed by atoms with van der Waals surface area (Å²) in [5.74, 6) is 0.896. The Hall–Kier alpha value is -1.57. The fourth-order valence-corrected chi connectivity index (χ4v) is 3.24. The first-order chi connectivity index (χ1) is 11.4. The number of nitrogens with one attached hydrogen (secondary N) is 1. The van der Waals surface area contributed by atoms with Gasteiger partial charge < -0.3 is 9.88 Å². The first-order valence-electron chi connectivity index (χ1n) is 7.64. The van der Waals surface area contributed by atoms with Crippen molar-refractivity contribution in [2.45, 2.75) is 18.8 Å². The Balaban J connectivity index is 1.85. The Kier molecular flexibility index (Phi) is 4.85. The third-order valence-electron chi connectivity index (χ3n) is 4.23. The average Bonchev–Trinajstić information content (AvgIpc) is 2.95. The fraction of sp³-hybridized carbons (Fsp3) is 0.438. The van der Waals surface area contributed by atoms with E-state index in [-0.39, 0.29) is 11.1 Å². The summed E-state index contributed by atoms with van der Waals surface area (Å²) in [4.78, 5) is 6.52. The summed E-state index contributed by atoms with van der Waals surface area (Å²) in [6.07, 6.45) is -0.853. The minimum atomic E-state index is -4.45. The molecule has 1 aliphatic rings. The molecule has 1 aromatic carbocycles. The van der Waals surface area contributed by atoms with E-state index < -0.39 is 11.7 Å². The van der Waals surface area contributed by atoms with Gasteiger partial charge in [0.1, 0.15) is 5.82 Å². The van der Waals surface area contributed by atoms with Crippen molar-refractivity contribution in [3.05, 3.63) is 52.6 Å². The van der Waals surface area contributed by atoms with Crippen LogP contribution in [0.4, 0.5) is 13.2 Å². The summed E-state index contributed by atoms with van der Waals surface area (Å²) in [5, 5.41) is 3.04. The van der Waals surface area contributed by atoms with E-state index in [0.717, 1.165) is 25.0 Å². The van der Waals surface area contributed by atoms with Crippen molar-refractivity contribution in [1.29, 1.82) is 0 Å². The predicted molar refractivity (Wildman–Crippen MR) is 85.7 cm³/mol. The number of benzene rings is 1. The molecule has 1 N–H and O–H groups in total. The van der Waals surface area contributed by atoms with Crippen LogP contribution in [-0.4, -0.2) is 34.1 Å². The van der Waals surface area contributed by atoms with Gasteiger partial charge in [-0.3, -0.25) is 4.90 Å². The normalized spacial score (nSPS) is 19.6. The number of hydrogen-bond acceptors (Lipinski definition) is 3. The molecule has 0 aliphatic carbocycles. The zero-order chi connectivity index (χ0) is 17.3. The molecular formula is C16H18ClF3N4. The second-order valence-corrected chi connectivity index (χ2v) is 6.31. The molecule has 4 nitrogen and oxygen atoms in total. The lowest BCUT2D eigenvalue weighted by Gasteiger charge is -2.35. The van der Waals surface area contributed by atoms with Crippen LogP contribution in [0, 0.1) is 0 Å². The number of aryl methyl sites for hydroxylation is 1. The van der Waals surface area contributed by atoms with Crippen LogP contribution in [-0.2, 0) is 19.8 Å². The molecule has 0 radical (unpaired) electrons. The van der Waals surface area contributed by atoms with E-state index in [9.17, 15) is 13.2 Å². The molecular weight excluding hydrogens is 341 g/mol. The second-order valence-electron chi connectivity index (χ2n) is 5.90. The van der Waals surface area contributed by atoms with Crippen molar-refractivity contribution in [3.8, 4) is 0 Å². The molecule has 1 saturated heterocycles. The number of piperazine rings is 1. The molecule has 0 amide bonds. The molecule has 1 unspecified atom stereocenters. The van der Waals surface area contributed by atoms with Crippen molar-refractivity contribution in [1.82, 2.24) is 19.8 Å². The molecule has 1 atom stereocenters. The second kappa shape index (κ2) is 6.74. The molecule has 1 fully saturated rings. The van der Waals surface area contributed by atoms with Gasteiger partial charge in [-0.2, -0.15) is 13.2 Å². The van der Waals surface area contributed by atoms with E-state index in [0.29, 0.717) is 18.7 Å². The van der Waals surface area contributed by atoms with Gasteiger partial charge in [0.15, 0.2) is 0 Å². The molecule has 130 valence electrons. The molecule has 24 heavy (non-hydrogen) atoms. The Labute approximate surface area is 143 Å². The third-order valence-corrected chi connectivity index (χ3v) is 4.56. The number of alkyl halides is 3. The number of rotatable bonds is 3. The van der Waals surface area contributed by atoms with E-state index in [4.69, 9.17) is 11.6 Å². The first-order valence-corrected chi connectivity index (χ1v) is 8.01. The van der Waals surface area contributed by atoms with Gasteiger partial charge in [0.2, 0.25) is 0 Å². The minimum Gasteiger partial charge on any atom is -0.337 e. The molecule has 3 rings (SSSR count). The average molecular weight is 359 g/mol. The summed E-state index contributed by atoms with van der Waals surface area (Å²) in [6.45, 7) is 2.66. The number of halogens is 4. The number of imidazole rings is 1. The maximum atomic E-state index is 13.0. The van der Waals surface area contributed by atoms with Crippen LogP contribution >= 0.6 is 11.6 Å². The highest BCUT2D eigenvalue weighted by molar-refractivity contribution is 6.31. The van der Waals surface area contributed by atoms with Gasteiger partial charge in [-0.1, -0.05) is 17.7 Å². The topological polar surface area (TPSA) is 33.1 Å². The van der Waals surface area contributed by atoms with Crippen LogP contribution < -0.4 is 5.32 Å². The highest BCUT2D eigenvalue weighted by Crippen LogP contribution is 2.35. The Morgan fingerprint density at radius 3 is 2.83 bits per heavy atom. The van der Waals surface area contributed by atoms with Crippen molar-refractivity contribution >= 4 is 11.6 Å². The highest BCUT2D eigenvalue weighted by Gasteiger charge is 2.34. The largest absolute Gasteiger partial charge is 0.417 e. The maximum absolute atomic E-state index is 13.0. The summed E-state index contributed by atoms with van der Waals surface area (Å²) in [5.41, 5.74) is -0.196. The predicted octanol–water partition coefficient (Wildman–Crippen LogP) is 3.24. The molecule has 1 aliphatic heterocycles. The SMILES string of the molecule is Cn1ccnc1C1CNCCN1Cc1ccc(Cl)c(C(F)(F)F)c1. The third kappa shape index (κ3) is 3.58. The first kappa shape index (κ1) is 17.3. The van der Waals surface area contributed by atoms with Crippen LogP contribution in [0.15, 0.2) is 30.6 Å². The van der Waals surface area contributed by atoms with Gasteiger partial charge in [-0.05, 0) is 17.7 Å². The summed E-state index contributed by atoms with van der Waals surface area (Å²) in [7, 11) is 1.92. The fourth-order valence-electron chi connectivity index (χ4n) is 3.01. The van der Waals surface area contributed by atoms with Crippen molar-refractivity contribution in [2.75, 3.05) is 19.6 Å². The zero-order valence-electron chi connectivity index (χ0n) is 13.1. The maximum Gasteiger partial charge on any atom is 0.417 e. The van der Waals surface area contributed by atoms with E-state index in [1.165, 1.54) is 6.07 Å². The summed E-state index contributed by atoms with van der Waals surface area (Å²) >= 11 is 5.70. The van der Waals surface area contributed by atoms with Crippen LogP contribution in [0.3, 0.4) is 0 Å². The summed E-state index contributed by atoms with van der Waals surface area (Å²) in [6, 6.07) is 4.12. The molecule has 0 spiro atoms. The lowest BCUT2D eigenvalue weighted by atomic mass is 10.1. The standard InChI is InChI=1S/C16H18ClF3N4/c1-23-6-5-22-15(23)14-9-21-4-7-24(14)10-11-2-3-13(17)12(8-11)16(18,19)20/h2-3,5-6,8,14,21H,4,7,9-10H2,1H3. The monoisotopic (exact) mass is 358 g/mol. The molecule has 2 heterocycles. The highest BCUT2D eigenvalue weighted by atomic mass is 35.5. The Bertz CT molecular complexity index is 714. The molecule has 2 aromatic rings. The molecule has 0 bridgehead atoms. The van der Waals surface area contributed by atoms with Gasteiger partial charge in [0.05, 0.1) is 16.6 Å². The minimum absolute atomic E-state index is 0.0174. The van der Waals surface area contributed by atoms with Crippen molar-refractivity contribution in [3.63, 3.8) is 0 Å². The van der Waals surface area contributed by atoms with Gasteiger partial charge in [0, 0.05) is 45.6 Å². The van der Waals surface area contributed by atoms with E-state index in [2.05, 4.69) is 15.2 Å². The Morgan fingerprint density at radius 1 is 1.38 bits per heavy atom. The lowest BCUT2D eigenvalue weighted by Crippen LogP contribution is -2.46. The van der Waals surface area contributed by atoms with Crippen molar-refractivity contribution < 1.29 is 13.2 Å². The number of aromatic nitrogens is 2. The van der Waals surface area contributed by atoms with Crippen LogP contribution in [0.1, 0.15) is 23.0 Å². The van der Waals surface area contributed by atoms with Crippen molar-refractivity contribution in [2.24, 2.45) is 7.05 Å². The van der Waals surface area contributed by atoms with Crippen LogP contribution in [0.2, 0.25) is 5.02 Å². The van der Waals surface area contributed by atoms with Crippen LogP contribution in [0.25, 0.3) is 0 Å². The molecule has 0 saturated carbocycles. The van der Waals surface area contributed by atoms with E-state index >= 15 is 0 Å². The zero-order valence-corrected chi connectivity index (χ0v) is 13.9. The van der Waals surface area contributed by atoms with Gasteiger partial charge in [-0.15, -0.1) is 0 Å². The quantitative estimate of drug-likeness (QED) is 0.914. The van der Waals surface area contributed by atoms with Gasteiger partial charge in [-0.25, -0.2) is 4.98 Å². The smallest absolute Gasteiger partial charge is 0.337 e. The van der Waals surface area contributed by atoms with Crippen LogP contribution in [0.5, 0.6) is 0 Å².